The third kappa shape index (κ3) is 4.22. The molecule has 0 N–H and O–H groups in total. The first-order chi connectivity index (χ1) is 22.2. The van der Waals surface area contributed by atoms with Crippen molar-refractivity contribution in [2.24, 2.45) is 0 Å². The van der Waals surface area contributed by atoms with E-state index < -0.39 is 0 Å². The molecule has 0 saturated carbocycles. The molecule has 6 aromatic carbocycles. The summed E-state index contributed by atoms with van der Waals surface area (Å²) in [6.07, 6.45) is 13.2. The van der Waals surface area contributed by atoms with Gasteiger partial charge in [-0.2, -0.15) is 0 Å². The molecular formula is C43H28OS. The number of fused-ring (bicyclic) bond motifs is 8. The van der Waals surface area contributed by atoms with E-state index in [1.54, 1.807) is 0 Å². The number of thiophene rings is 1. The standard InChI is InChI=1S/C43H28OS/c1-27-11-3-2-4-17-38-30(22-19-27)37-25-28(21-24-39(37)44-38)42-33-13-5-7-15-35(33)43(36-16-8-6-14-34(36)42)29-20-23-32-31-12-9-10-18-40(31)45-41(32)26-29/h2-16,18-26H,1,17H2/b4-2-,11-3-,22-19-. The zero-order chi connectivity index (χ0) is 29.9. The first kappa shape index (κ1) is 26.0. The van der Waals surface area contributed by atoms with Crippen LogP contribution in [0, 0.1) is 0 Å². The molecule has 1 aliphatic carbocycles. The van der Waals surface area contributed by atoms with Crippen LogP contribution in [0.3, 0.4) is 0 Å². The van der Waals surface area contributed by atoms with E-state index in [0.29, 0.717) is 0 Å². The van der Waals surface area contributed by atoms with Crippen molar-refractivity contribution in [2.75, 3.05) is 0 Å². The molecular weight excluding hydrogens is 565 g/mol. The largest absolute Gasteiger partial charge is 0.460 e. The summed E-state index contributed by atoms with van der Waals surface area (Å²) in [5, 5.41) is 8.79. The molecule has 0 amide bonds. The minimum Gasteiger partial charge on any atom is -0.460 e. The maximum absolute atomic E-state index is 6.40. The lowest BCUT2D eigenvalue weighted by Crippen LogP contribution is -1.91. The van der Waals surface area contributed by atoms with Gasteiger partial charge in [0, 0.05) is 37.5 Å². The molecule has 8 aromatic rings. The third-order valence-corrected chi connectivity index (χ3v) is 10.1. The Labute approximate surface area is 265 Å². The Morgan fingerprint density at radius 3 is 1.89 bits per heavy atom. The van der Waals surface area contributed by atoms with Crippen molar-refractivity contribution in [1.29, 1.82) is 0 Å². The highest BCUT2D eigenvalue weighted by atomic mass is 32.1. The van der Waals surface area contributed by atoms with Crippen LogP contribution in [-0.4, -0.2) is 0 Å². The van der Waals surface area contributed by atoms with Crippen LogP contribution in [0.25, 0.3) is 81.0 Å². The first-order valence-electron chi connectivity index (χ1n) is 15.3. The normalized spacial score (nSPS) is 15.6. The van der Waals surface area contributed by atoms with Crippen LogP contribution < -0.4 is 0 Å². The van der Waals surface area contributed by atoms with Crippen molar-refractivity contribution in [2.45, 2.75) is 6.42 Å². The molecule has 0 spiro atoms. The monoisotopic (exact) mass is 592 g/mol. The van der Waals surface area contributed by atoms with E-state index in [2.05, 4.69) is 140 Å². The Balaban J connectivity index is 1.30. The second-order valence-electron chi connectivity index (χ2n) is 11.7. The summed E-state index contributed by atoms with van der Waals surface area (Å²) < 4.78 is 9.05. The van der Waals surface area contributed by atoms with Gasteiger partial charge < -0.3 is 4.42 Å². The van der Waals surface area contributed by atoms with Crippen LogP contribution in [0.4, 0.5) is 0 Å². The van der Waals surface area contributed by atoms with Gasteiger partial charge in [-0.25, -0.2) is 0 Å². The summed E-state index contributed by atoms with van der Waals surface area (Å²) in [6, 6.07) is 40.1. The van der Waals surface area contributed by atoms with Crippen LogP contribution in [0.2, 0.25) is 0 Å². The molecule has 0 unspecified atom stereocenters. The Hall–Kier alpha value is -5.44. The van der Waals surface area contributed by atoms with E-state index in [9.17, 15) is 0 Å². The van der Waals surface area contributed by atoms with Crippen LogP contribution in [0.1, 0.15) is 11.3 Å². The average molecular weight is 593 g/mol. The predicted molar refractivity (Wildman–Crippen MR) is 195 cm³/mol. The maximum Gasteiger partial charge on any atom is 0.134 e. The molecule has 2 aromatic heterocycles. The SMILES string of the molecule is C=C1/C=C\C=C/Cc2oc3ccc(-c4c5ccccc5c(-c5ccc6c(c5)sc5ccccc56)c5ccccc45)cc3c2/C=C\1. The Bertz CT molecular complexity index is 2530. The van der Waals surface area contributed by atoms with E-state index in [1.165, 1.54) is 64.0 Å². The van der Waals surface area contributed by atoms with Gasteiger partial charge in [-0.3, -0.25) is 0 Å². The molecule has 2 heterocycles. The van der Waals surface area contributed by atoms with Crippen molar-refractivity contribution in [3.63, 3.8) is 0 Å². The van der Waals surface area contributed by atoms with Gasteiger partial charge in [0.2, 0.25) is 0 Å². The zero-order valence-electron chi connectivity index (χ0n) is 24.6. The van der Waals surface area contributed by atoms with Gasteiger partial charge in [0.1, 0.15) is 11.3 Å². The predicted octanol–water partition coefficient (Wildman–Crippen LogP) is 12.7. The topological polar surface area (TPSA) is 13.1 Å². The van der Waals surface area contributed by atoms with E-state index >= 15 is 0 Å². The third-order valence-electron chi connectivity index (χ3n) is 9.02. The summed E-state index contributed by atoms with van der Waals surface area (Å²) in [5.74, 6) is 0.972. The van der Waals surface area contributed by atoms with Crippen LogP contribution in [0.15, 0.2) is 156 Å². The van der Waals surface area contributed by atoms with E-state index in [0.717, 1.165) is 34.3 Å². The molecule has 2 heteroatoms. The number of benzene rings is 6. The van der Waals surface area contributed by atoms with Gasteiger partial charge in [-0.15, -0.1) is 11.3 Å². The van der Waals surface area contributed by atoms with Crippen molar-refractivity contribution < 1.29 is 4.42 Å². The lowest BCUT2D eigenvalue weighted by Gasteiger charge is -2.18. The molecule has 0 aliphatic heterocycles. The molecule has 0 bridgehead atoms. The van der Waals surface area contributed by atoms with E-state index in [4.69, 9.17) is 4.42 Å². The fourth-order valence-corrected chi connectivity index (χ4v) is 8.11. The van der Waals surface area contributed by atoms with E-state index in [1.807, 2.05) is 23.5 Å². The fourth-order valence-electron chi connectivity index (χ4n) is 6.97. The number of allylic oxidation sites excluding steroid dienone is 6. The second kappa shape index (κ2) is 10.3. The average Bonchev–Trinajstić information content (AvgIpc) is 3.62. The highest BCUT2D eigenvalue weighted by Crippen LogP contribution is 2.46. The van der Waals surface area contributed by atoms with E-state index in [-0.39, 0.29) is 0 Å². The summed E-state index contributed by atoms with van der Waals surface area (Å²) in [5.41, 5.74) is 7.95. The molecule has 45 heavy (non-hydrogen) atoms. The van der Waals surface area contributed by atoms with Crippen molar-refractivity contribution in [1.82, 2.24) is 0 Å². The zero-order valence-corrected chi connectivity index (χ0v) is 25.4. The quantitative estimate of drug-likeness (QED) is 0.182. The van der Waals surface area contributed by atoms with Crippen LogP contribution >= 0.6 is 11.3 Å². The van der Waals surface area contributed by atoms with Gasteiger partial charge in [-0.1, -0.05) is 128 Å². The number of hydrogen-bond acceptors (Lipinski definition) is 2. The van der Waals surface area contributed by atoms with Gasteiger partial charge in [0.15, 0.2) is 0 Å². The molecule has 9 rings (SSSR count). The van der Waals surface area contributed by atoms with Crippen molar-refractivity contribution in [3.05, 3.63) is 163 Å². The maximum atomic E-state index is 6.40. The molecule has 0 saturated heterocycles. The first-order valence-corrected chi connectivity index (χ1v) is 16.2. The second-order valence-corrected chi connectivity index (χ2v) is 12.8. The van der Waals surface area contributed by atoms with Crippen molar-refractivity contribution in [3.8, 4) is 22.3 Å². The lowest BCUT2D eigenvalue weighted by atomic mass is 9.85. The van der Waals surface area contributed by atoms with Gasteiger partial charge >= 0.3 is 0 Å². The minimum atomic E-state index is 0.741. The van der Waals surface area contributed by atoms with Gasteiger partial charge in [-0.05, 0) is 73.6 Å². The van der Waals surface area contributed by atoms with Crippen LogP contribution in [-0.2, 0) is 6.42 Å². The number of rotatable bonds is 2. The fraction of sp³-hybridized carbons (Fsp3) is 0.0233. The van der Waals surface area contributed by atoms with Gasteiger partial charge in [0.25, 0.3) is 0 Å². The highest BCUT2D eigenvalue weighted by Gasteiger charge is 2.19. The molecule has 1 nitrogen and oxygen atoms in total. The Kier molecular flexibility index (Phi) is 5.97. The lowest BCUT2D eigenvalue weighted by molar-refractivity contribution is 0.564. The number of hydrogen-bond donors (Lipinski definition) is 0. The molecule has 1 aliphatic rings. The molecule has 0 fully saturated rings. The summed E-state index contributed by atoms with van der Waals surface area (Å²) in [7, 11) is 0. The molecule has 0 atom stereocenters. The summed E-state index contributed by atoms with van der Waals surface area (Å²) in [6.45, 7) is 4.18. The summed E-state index contributed by atoms with van der Waals surface area (Å²) >= 11 is 1.87. The van der Waals surface area contributed by atoms with Crippen molar-refractivity contribution >= 4 is 70.1 Å². The smallest absolute Gasteiger partial charge is 0.134 e. The van der Waals surface area contributed by atoms with Crippen LogP contribution in [0.5, 0.6) is 0 Å². The Morgan fingerprint density at radius 1 is 0.533 bits per heavy atom. The Morgan fingerprint density at radius 2 is 1.16 bits per heavy atom. The highest BCUT2D eigenvalue weighted by molar-refractivity contribution is 7.25. The molecule has 0 radical (unpaired) electrons. The number of furan rings is 1. The van der Waals surface area contributed by atoms with Gasteiger partial charge in [0.05, 0.1) is 0 Å². The summed E-state index contributed by atoms with van der Waals surface area (Å²) in [4.78, 5) is 0. The minimum absolute atomic E-state index is 0.741. The molecule has 212 valence electrons.